The summed E-state index contributed by atoms with van der Waals surface area (Å²) in [6, 6.07) is 17.0. The molecule has 1 fully saturated rings. The molecule has 1 unspecified atom stereocenters. The predicted molar refractivity (Wildman–Crippen MR) is 135 cm³/mol. The Morgan fingerprint density at radius 2 is 1.59 bits per heavy atom. The third-order valence-electron chi connectivity index (χ3n) is 6.93. The van der Waals surface area contributed by atoms with Crippen molar-refractivity contribution in [3.63, 3.8) is 0 Å². The van der Waals surface area contributed by atoms with E-state index in [0.29, 0.717) is 0 Å². The van der Waals surface area contributed by atoms with Gasteiger partial charge in [0.05, 0.1) is 12.5 Å². The monoisotopic (exact) mass is 500 g/mol. The molecule has 4 nitrogen and oxygen atoms in total. The van der Waals surface area contributed by atoms with Crippen LogP contribution in [0.1, 0.15) is 43.4 Å². The van der Waals surface area contributed by atoms with Gasteiger partial charge in [-0.2, -0.15) is 0 Å². The first-order chi connectivity index (χ1) is 15.3. The van der Waals surface area contributed by atoms with Crippen molar-refractivity contribution in [1.82, 2.24) is 9.80 Å². The first kappa shape index (κ1) is 24.9. The van der Waals surface area contributed by atoms with E-state index in [9.17, 15) is 4.79 Å². The van der Waals surface area contributed by atoms with E-state index in [1.54, 1.807) is 0 Å². The Morgan fingerprint density at radius 1 is 1.00 bits per heavy atom. The maximum absolute atomic E-state index is 13.0. The van der Waals surface area contributed by atoms with Crippen molar-refractivity contribution >= 4 is 21.9 Å². The van der Waals surface area contributed by atoms with Crippen LogP contribution in [0.5, 0.6) is 0 Å². The van der Waals surface area contributed by atoms with Crippen LogP contribution in [-0.2, 0) is 21.5 Å². The van der Waals surface area contributed by atoms with Crippen LogP contribution in [0, 0.1) is 12.8 Å². The number of hydrogen-bond donors (Lipinski definition) is 0. The molecule has 1 heterocycles. The summed E-state index contributed by atoms with van der Waals surface area (Å²) >= 11 is 3.51. The Kier molecular flexibility index (Phi) is 8.92. The van der Waals surface area contributed by atoms with Crippen LogP contribution in [0.15, 0.2) is 53.0 Å². The molecule has 0 aromatic heterocycles. The lowest BCUT2D eigenvalue weighted by Gasteiger charge is -2.38. The van der Waals surface area contributed by atoms with Crippen molar-refractivity contribution < 1.29 is 9.53 Å². The topological polar surface area (TPSA) is 32.8 Å². The van der Waals surface area contributed by atoms with Crippen LogP contribution < -0.4 is 0 Å². The van der Waals surface area contributed by atoms with Gasteiger partial charge in [0.25, 0.3) is 0 Å². The summed E-state index contributed by atoms with van der Waals surface area (Å²) in [5.74, 6) is 0.0280. The van der Waals surface area contributed by atoms with Gasteiger partial charge in [-0.05, 0) is 55.5 Å². The van der Waals surface area contributed by atoms with E-state index in [4.69, 9.17) is 4.74 Å². The summed E-state index contributed by atoms with van der Waals surface area (Å²) < 4.78 is 6.33. The number of rotatable bonds is 9. The molecule has 0 bridgehead atoms. The third kappa shape index (κ3) is 6.00. The van der Waals surface area contributed by atoms with E-state index in [2.05, 4.69) is 82.9 Å². The summed E-state index contributed by atoms with van der Waals surface area (Å²) in [7, 11) is 1.51. The molecule has 1 atom stereocenters. The average molecular weight is 502 g/mol. The van der Waals surface area contributed by atoms with Crippen molar-refractivity contribution in [2.24, 2.45) is 5.92 Å². The van der Waals surface area contributed by atoms with Gasteiger partial charge in [-0.3, -0.25) is 9.69 Å². The fraction of sp³-hybridized carbons (Fsp3) is 0.519. The molecule has 0 spiro atoms. The minimum atomic E-state index is -0.608. The minimum Gasteiger partial charge on any atom is -0.468 e. The van der Waals surface area contributed by atoms with Crippen molar-refractivity contribution in [1.29, 1.82) is 0 Å². The lowest BCUT2D eigenvalue weighted by molar-refractivity contribution is -0.150. The molecule has 0 aliphatic carbocycles. The summed E-state index contributed by atoms with van der Waals surface area (Å²) in [5.41, 5.74) is 3.14. The molecule has 2 aromatic carbocycles. The van der Waals surface area contributed by atoms with E-state index >= 15 is 0 Å². The van der Waals surface area contributed by atoms with Gasteiger partial charge in [-0.25, -0.2) is 0 Å². The van der Waals surface area contributed by atoms with Crippen LogP contribution in [0.25, 0.3) is 0 Å². The molecule has 0 amide bonds. The van der Waals surface area contributed by atoms with E-state index in [0.717, 1.165) is 62.1 Å². The molecular weight excluding hydrogens is 464 g/mol. The van der Waals surface area contributed by atoms with E-state index < -0.39 is 5.41 Å². The van der Waals surface area contributed by atoms with Gasteiger partial charge in [-0.1, -0.05) is 71.7 Å². The zero-order chi connectivity index (χ0) is 23.1. The fourth-order valence-electron chi connectivity index (χ4n) is 4.86. The van der Waals surface area contributed by atoms with Crippen LogP contribution >= 0.6 is 15.9 Å². The average Bonchev–Trinajstić information content (AvgIpc) is 2.79. The number of halogens is 1. The van der Waals surface area contributed by atoms with Gasteiger partial charge < -0.3 is 9.64 Å². The molecule has 1 saturated heterocycles. The number of hydrogen-bond acceptors (Lipinski definition) is 4. The van der Waals surface area contributed by atoms with Gasteiger partial charge in [0.1, 0.15) is 0 Å². The number of nitrogens with zero attached hydrogens (tertiary/aromatic N) is 2. The van der Waals surface area contributed by atoms with Gasteiger partial charge in [0, 0.05) is 37.2 Å². The van der Waals surface area contributed by atoms with Crippen LogP contribution in [-0.4, -0.2) is 55.6 Å². The van der Waals surface area contributed by atoms with E-state index in [-0.39, 0.29) is 11.9 Å². The molecular formula is C27H37BrN2O2. The highest BCUT2D eigenvalue weighted by molar-refractivity contribution is 9.10. The first-order valence-electron chi connectivity index (χ1n) is 11.7. The van der Waals surface area contributed by atoms with Crippen LogP contribution in [0.2, 0.25) is 0 Å². The maximum Gasteiger partial charge on any atom is 0.316 e. The predicted octanol–water partition coefficient (Wildman–Crippen LogP) is 5.42. The maximum atomic E-state index is 13.0. The number of esters is 1. The highest BCUT2D eigenvalue weighted by atomic mass is 79.9. The smallest absolute Gasteiger partial charge is 0.316 e. The van der Waals surface area contributed by atoms with Gasteiger partial charge in [-0.15, -0.1) is 0 Å². The number of methoxy groups -OCH3 is 1. The highest BCUT2D eigenvalue weighted by Gasteiger charge is 2.44. The van der Waals surface area contributed by atoms with Gasteiger partial charge in [0.2, 0.25) is 0 Å². The van der Waals surface area contributed by atoms with Crippen LogP contribution in [0.4, 0.5) is 0 Å². The molecule has 1 aliphatic rings. The number of benzene rings is 2. The van der Waals surface area contributed by atoms with E-state index in [1.165, 1.54) is 18.2 Å². The van der Waals surface area contributed by atoms with Crippen molar-refractivity contribution in [3.05, 3.63) is 69.7 Å². The molecule has 1 aliphatic heterocycles. The quantitative estimate of drug-likeness (QED) is 0.430. The first-order valence-corrected chi connectivity index (χ1v) is 12.5. The number of aryl methyl sites for hydroxylation is 1. The number of carbonyl (C=O) groups is 1. The molecule has 174 valence electrons. The Hall–Kier alpha value is -1.69. The molecule has 2 aromatic rings. The largest absolute Gasteiger partial charge is 0.468 e. The van der Waals surface area contributed by atoms with Gasteiger partial charge >= 0.3 is 5.97 Å². The third-order valence-corrected chi connectivity index (χ3v) is 7.46. The molecule has 5 heteroatoms. The summed E-state index contributed by atoms with van der Waals surface area (Å²) in [6.45, 7) is 12.8. The fourth-order valence-corrected chi connectivity index (χ4v) is 5.12. The summed E-state index contributed by atoms with van der Waals surface area (Å²) in [6.07, 6.45) is 1.77. The van der Waals surface area contributed by atoms with Gasteiger partial charge in [0.15, 0.2) is 0 Å². The number of ether oxygens (including phenoxy) is 1. The second kappa shape index (κ2) is 11.4. The van der Waals surface area contributed by atoms with Crippen molar-refractivity contribution in [3.8, 4) is 0 Å². The highest BCUT2D eigenvalue weighted by Crippen LogP contribution is 2.39. The SMILES string of the molecule is COC(=O)C(CCCN1CCN(Cc2ccc(C)cc2)CC1)(c1ccc(Br)cc1)C(C)C. The molecule has 0 saturated carbocycles. The Bertz CT molecular complexity index is 858. The molecule has 0 radical (unpaired) electrons. The second-order valence-electron chi connectivity index (χ2n) is 9.33. The van der Waals surface area contributed by atoms with Crippen molar-refractivity contribution in [2.45, 2.75) is 45.6 Å². The normalized spacial score (nSPS) is 17.3. The van der Waals surface area contributed by atoms with Crippen LogP contribution in [0.3, 0.4) is 0 Å². The zero-order valence-corrected chi connectivity index (χ0v) is 21.5. The zero-order valence-electron chi connectivity index (χ0n) is 19.9. The molecule has 3 rings (SSSR count). The standard InChI is InChI=1S/C27H37BrN2O2/c1-21(2)27(26(31)32-4,24-10-12-25(28)13-11-24)14-5-15-29-16-18-30(19-17-29)20-23-8-6-22(3)7-9-23/h6-13,21H,5,14-20H2,1-4H3. The Labute approximate surface area is 202 Å². The number of piperazine rings is 1. The lowest BCUT2D eigenvalue weighted by Crippen LogP contribution is -2.47. The second-order valence-corrected chi connectivity index (χ2v) is 10.2. The minimum absolute atomic E-state index is 0.127. The van der Waals surface area contributed by atoms with Crippen molar-refractivity contribution in [2.75, 3.05) is 39.8 Å². The Morgan fingerprint density at radius 3 is 2.16 bits per heavy atom. The summed E-state index contributed by atoms with van der Waals surface area (Å²) in [5, 5.41) is 0. The molecule has 0 N–H and O–H groups in total. The lowest BCUT2D eigenvalue weighted by atomic mass is 9.68. The number of carbonyl (C=O) groups excluding carboxylic acids is 1. The Balaban J connectivity index is 1.56. The van der Waals surface area contributed by atoms with E-state index in [1.807, 2.05) is 12.1 Å². The summed E-state index contributed by atoms with van der Waals surface area (Å²) in [4.78, 5) is 18.1. The molecule has 32 heavy (non-hydrogen) atoms.